The molecule has 4 aromatic rings. The Morgan fingerprint density at radius 2 is 1.53 bits per heavy atom. The maximum Gasteiger partial charge on any atom is 1.00 e. The second-order valence-corrected chi connectivity index (χ2v) is 10.5. The number of carboxylic acid groups (broad SMARTS) is 2. The van der Waals surface area contributed by atoms with Crippen LogP contribution in [-0.2, 0) is 0 Å². The van der Waals surface area contributed by atoms with E-state index in [9.17, 15) is 14.7 Å². The molecule has 4 heterocycles. The van der Waals surface area contributed by atoms with Crippen LogP contribution in [0.2, 0.25) is 10.8 Å². The molecule has 0 amide bonds. The molecule has 36 heavy (non-hydrogen) atoms. The molecule has 6 rings (SSSR count). The summed E-state index contributed by atoms with van der Waals surface area (Å²) < 4.78 is 1.74. The van der Waals surface area contributed by atoms with Gasteiger partial charge in [0.1, 0.15) is 4.88 Å². The molecular formula is C23H23BClLiN2O6S2. The molecule has 0 aromatic carbocycles. The second-order valence-electron chi connectivity index (χ2n) is 7.96. The zero-order valence-electron chi connectivity index (χ0n) is 18.7. The van der Waals surface area contributed by atoms with E-state index < -0.39 is 19.1 Å². The molecule has 0 aliphatic heterocycles. The van der Waals surface area contributed by atoms with Crippen LogP contribution in [-0.4, -0.2) is 44.2 Å². The summed E-state index contributed by atoms with van der Waals surface area (Å²) in [6.45, 7) is 0. The predicted molar refractivity (Wildman–Crippen MR) is 137 cm³/mol. The quantitative estimate of drug-likeness (QED) is 0.330. The Morgan fingerprint density at radius 3 is 2.00 bits per heavy atom. The Bertz CT molecular complexity index is 1360. The minimum atomic E-state index is -1.20. The molecule has 4 aromatic heterocycles. The molecule has 0 saturated heterocycles. The molecule has 2 aliphatic carbocycles. The van der Waals surface area contributed by atoms with Crippen LogP contribution in [0.25, 0.3) is 20.4 Å². The number of halogens is 1. The number of aromatic nitrogens is 2. The summed E-state index contributed by atoms with van der Waals surface area (Å²) in [7, 11) is -1.04. The number of hydrogen-bond donors (Lipinski definition) is 3. The largest absolute Gasteiger partial charge is 1.00 e. The van der Waals surface area contributed by atoms with Crippen molar-refractivity contribution in [3.8, 4) is 0 Å². The summed E-state index contributed by atoms with van der Waals surface area (Å²) in [5, 5.41) is 36.4. The van der Waals surface area contributed by atoms with Gasteiger partial charge in [-0.1, -0.05) is 31.9 Å². The molecule has 2 aliphatic rings. The third kappa shape index (κ3) is 7.52. The van der Waals surface area contributed by atoms with Gasteiger partial charge in [-0.05, 0) is 54.4 Å². The van der Waals surface area contributed by atoms with Crippen molar-refractivity contribution in [1.29, 1.82) is 0 Å². The number of hydrogen-bond acceptors (Lipinski definition) is 9. The van der Waals surface area contributed by atoms with Crippen LogP contribution >= 0.6 is 34.3 Å². The summed E-state index contributed by atoms with van der Waals surface area (Å²) in [5.41, 5.74) is 2.69. The monoisotopic (exact) mass is 540 g/mol. The zero-order valence-corrected chi connectivity index (χ0v) is 21.1. The van der Waals surface area contributed by atoms with E-state index in [2.05, 4.69) is 9.97 Å². The van der Waals surface area contributed by atoms with Crippen LogP contribution in [0.1, 0.15) is 63.9 Å². The van der Waals surface area contributed by atoms with Crippen LogP contribution in [0.5, 0.6) is 0 Å². The molecule has 0 atom stereocenters. The molecule has 184 valence electrons. The summed E-state index contributed by atoms with van der Waals surface area (Å²) >= 11 is 8.25. The zero-order chi connectivity index (χ0) is 24.4. The van der Waals surface area contributed by atoms with Crippen molar-refractivity contribution in [2.24, 2.45) is 0 Å². The minimum absolute atomic E-state index is 0. The van der Waals surface area contributed by atoms with Crippen LogP contribution < -0.4 is 24.0 Å². The Morgan fingerprint density at radius 1 is 0.972 bits per heavy atom. The Hall–Kier alpha value is -1.97. The second kappa shape index (κ2) is 13.0. The van der Waals surface area contributed by atoms with Gasteiger partial charge in [-0.3, -0.25) is 9.97 Å². The van der Waals surface area contributed by atoms with Gasteiger partial charge in [0.2, 0.25) is 0 Å². The van der Waals surface area contributed by atoms with Crippen LogP contribution in [0.4, 0.5) is 0 Å². The average molecular weight is 541 g/mol. The molecule has 8 nitrogen and oxygen atoms in total. The molecule has 13 heteroatoms. The smallest absolute Gasteiger partial charge is 0.544 e. The van der Waals surface area contributed by atoms with Gasteiger partial charge in [0.25, 0.3) is 0 Å². The van der Waals surface area contributed by atoms with Gasteiger partial charge >= 0.3 is 31.9 Å². The first kappa shape index (κ1) is 30.3. The van der Waals surface area contributed by atoms with Crippen molar-refractivity contribution in [1.82, 2.24) is 9.97 Å². The average Bonchev–Trinajstić information content (AvgIpc) is 3.72. The van der Waals surface area contributed by atoms with Crippen LogP contribution in [0.3, 0.4) is 0 Å². The summed E-state index contributed by atoms with van der Waals surface area (Å²) in [4.78, 5) is 30.1. The Balaban J connectivity index is 0.000000200. The van der Waals surface area contributed by atoms with E-state index in [0.29, 0.717) is 26.0 Å². The SMILES string of the molecule is C.O=C(O)c1cc2nccc(C3CC3)c2s1.O=C([O-])c1cc2nccc(Cl)c2s1.OB(O)C1CC1.[Li+]. The van der Waals surface area contributed by atoms with Gasteiger partial charge in [0.15, 0.2) is 0 Å². The third-order valence-corrected chi connectivity index (χ3v) is 8.01. The third-order valence-electron chi connectivity index (χ3n) is 5.28. The van der Waals surface area contributed by atoms with Crippen molar-refractivity contribution < 1.29 is 48.7 Å². The van der Waals surface area contributed by atoms with Crippen molar-refractivity contribution in [2.75, 3.05) is 0 Å². The molecule has 2 fully saturated rings. The number of carbonyl (C=O) groups excluding carboxylic acids is 1. The van der Waals surface area contributed by atoms with E-state index in [1.165, 1.54) is 42.0 Å². The van der Waals surface area contributed by atoms with Crippen molar-refractivity contribution in [3.05, 3.63) is 57.0 Å². The van der Waals surface area contributed by atoms with Crippen LogP contribution in [0.15, 0.2) is 36.7 Å². The maximum atomic E-state index is 10.8. The molecule has 0 unspecified atom stereocenters. The van der Waals surface area contributed by atoms with Crippen molar-refractivity contribution in [3.63, 3.8) is 0 Å². The van der Waals surface area contributed by atoms with Crippen molar-refractivity contribution >= 4 is 73.8 Å². The van der Waals surface area contributed by atoms with E-state index >= 15 is 0 Å². The summed E-state index contributed by atoms with van der Waals surface area (Å²) in [6.07, 6.45) is 7.75. The number of fused-ring (bicyclic) bond motifs is 2. The molecule has 0 radical (unpaired) electrons. The van der Waals surface area contributed by atoms with Gasteiger partial charge in [0, 0.05) is 12.4 Å². The van der Waals surface area contributed by atoms with E-state index in [-0.39, 0.29) is 37.0 Å². The Labute approximate surface area is 233 Å². The van der Waals surface area contributed by atoms with E-state index in [0.717, 1.165) is 34.4 Å². The van der Waals surface area contributed by atoms with E-state index in [1.807, 2.05) is 6.07 Å². The number of carboxylic acids is 2. The number of rotatable bonds is 4. The number of pyridine rings is 2. The minimum Gasteiger partial charge on any atom is -0.544 e. The van der Waals surface area contributed by atoms with E-state index in [4.69, 9.17) is 26.8 Å². The first-order valence-electron chi connectivity index (χ1n) is 10.5. The summed E-state index contributed by atoms with van der Waals surface area (Å²) in [5.74, 6) is -1.21. The van der Waals surface area contributed by atoms with E-state index in [1.54, 1.807) is 18.3 Å². The number of thiophene rings is 2. The fourth-order valence-electron chi connectivity index (χ4n) is 3.18. The number of aromatic carboxylic acids is 2. The van der Waals surface area contributed by atoms with Gasteiger partial charge in [-0.15, -0.1) is 22.7 Å². The molecular weight excluding hydrogens is 518 g/mol. The first-order chi connectivity index (χ1) is 16.2. The van der Waals surface area contributed by atoms with Crippen molar-refractivity contribution in [2.45, 2.75) is 44.8 Å². The van der Waals surface area contributed by atoms with Gasteiger partial charge in [-0.25, -0.2) is 4.79 Å². The summed E-state index contributed by atoms with van der Waals surface area (Å²) in [6, 6.07) is 6.76. The first-order valence-corrected chi connectivity index (χ1v) is 12.5. The molecule has 0 spiro atoms. The standard InChI is InChI=1S/C11H9NO2S.C8H4ClNO2S.C3H7BO2.CH4.Li/c13-11(14)9-5-8-10(15-9)7(3-4-12-8)6-1-2-6;9-4-1-2-10-5-3-6(8(11)12)13-7(4)5;5-4(6)3-1-2-3;;/h3-6H,1-2H2,(H,13,14);1-3H,(H,11,12);3,5-6H,1-2H2;1H4;/q;;;;+1/p-1. The fourth-order valence-corrected chi connectivity index (χ4v) is 5.35. The normalized spacial score (nSPS) is 13.9. The van der Waals surface area contributed by atoms with Gasteiger partial charge < -0.3 is 25.1 Å². The molecule has 3 N–H and O–H groups in total. The molecule has 2 saturated carbocycles. The maximum absolute atomic E-state index is 10.8. The van der Waals surface area contributed by atoms with Gasteiger partial charge in [0.05, 0.1) is 36.3 Å². The number of nitrogens with zero attached hydrogens (tertiary/aromatic N) is 2. The Kier molecular flexibility index (Phi) is 10.9. The topological polar surface area (TPSA) is 144 Å². The van der Waals surface area contributed by atoms with Crippen LogP contribution in [0, 0.1) is 0 Å². The molecule has 0 bridgehead atoms. The predicted octanol–water partition coefficient (Wildman–Crippen LogP) is 1.45. The van der Waals surface area contributed by atoms with Gasteiger partial charge in [-0.2, -0.15) is 0 Å². The fraction of sp³-hybridized carbons (Fsp3) is 0.304. The number of carbonyl (C=O) groups is 2.